The quantitative estimate of drug-likeness (QED) is 0.673. The summed E-state index contributed by atoms with van der Waals surface area (Å²) in [5.74, 6) is 0. The fourth-order valence-corrected chi connectivity index (χ4v) is 2.55. The Morgan fingerprint density at radius 3 is 1.79 bits per heavy atom. The van der Waals surface area contributed by atoms with Gasteiger partial charge in [0.15, 0.2) is 0 Å². The third kappa shape index (κ3) is 2.69. The molecule has 0 aromatic heterocycles. The first kappa shape index (κ1) is 12.0. The Morgan fingerprint density at radius 1 is 1.07 bits per heavy atom. The minimum Gasteiger partial charge on any atom is -0.383 e. The summed E-state index contributed by atoms with van der Waals surface area (Å²) in [6.07, 6.45) is 2.47. The smallest absolute Gasteiger partial charge is 0.0618 e. The number of methoxy groups -OCH3 is 2. The number of rotatable bonds is 5. The molecule has 1 fully saturated rings. The molecule has 3 heteroatoms. The van der Waals surface area contributed by atoms with Gasteiger partial charge in [0, 0.05) is 32.3 Å². The molecule has 1 aliphatic rings. The van der Waals surface area contributed by atoms with Gasteiger partial charge in [0.1, 0.15) is 0 Å². The highest BCUT2D eigenvalue weighted by atomic mass is 16.5. The van der Waals surface area contributed by atoms with Crippen LogP contribution in [-0.4, -0.2) is 50.5 Å². The number of ether oxygens (including phenoxy) is 2. The van der Waals surface area contributed by atoms with E-state index in [-0.39, 0.29) is 0 Å². The monoisotopic (exact) mass is 201 g/mol. The Labute approximate surface area is 87.4 Å². The van der Waals surface area contributed by atoms with Gasteiger partial charge in [-0.05, 0) is 26.7 Å². The summed E-state index contributed by atoms with van der Waals surface area (Å²) < 4.78 is 10.5. The molecule has 1 heterocycles. The van der Waals surface area contributed by atoms with E-state index in [2.05, 4.69) is 18.7 Å². The summed E-state index contributed by atoms with van der Waals surface area (Å²) in [5, 5.41) is 0. The van der Waals surface area contributed by atoms with E-state index in [4.69, 9.17) is 9.47 Å². The zero-order valence-electron chi connectivity index (χ0n) is 9.82. The van der Waals surface area contributed by atoms with Crippen LogP contribution in [0, 0.1) is 0 Å². The van der Waals surface area contributed by atoms with Crippen LogP contribution < -0.4 is 0 Å². The van der Waals surface area contributed by atoms with E-state index in [0.717, 1.165) is 13.2 Å². The van der Waals surface area contributed by atoms with Crippen LogP contribution in [0.25, 0.3) is 0 Å². The molecule has 0 bridgehead atoms. The summed E-state index contributed by atoms with van der Waals surface area (Å²) in [5.41, 5.74) is 0. The van der Waals surface area contributed by atoms with E-state index in [0.29, 0.717) is 18.1 Å². The minimum absolute atomic E-state index is 0.581. The number of hydrogen-bond acceptors (Lipinski definition) is 3. The molecule has 0 aromatic carbocycles. The lowest BCUT2D eigenvalue weighted by atomic mass is 10.2. The van der Waals surface area contributed by atoms with Crippen molar-refractivity contribution >= 4 is 0 Å². The van der Waals surface area contributed by atoms with Crippen molar-refractivity contribution in [1.29, 1.82) is 0 Å². The van der Waals surface area contributed by atoms with Crippen molar-refractivity contribution in [2.45, 2.75) is 44.8 Å². The van der Waals surface area contributed by atoms with E-state index in [1.54, 1.807) is 14.2 Å². The molecule has 0 spiro atoms. The molecule has 1 rings (SSSR count). The van der Waals surface area contributed by atoms with Gasteiger partial charge in [0.25, 0.3) is 0 Å². The molecule has 14 heavy (non-hydrogen) atoms. The van der Waals surface area contributed by atoms with Crippen LogP contribution in [0.5, 0.6) is 0 Å². The largest absolute Gasteiger partial charge is 0.383 e. The van der Waals surface area contributed by atoms with E-state index in [9.17, 15) is 0 Å². The van der Waals surface area contributed by atoms with Crippen molar-refractivity contribution in [2.75, 3.05) is 27.4 Å². The molecule has 0 amide bonds. The van der Waals surface area contributed by atoms with Gasteiger partial charge in [0.05, 0.1) is 13.2 Å². The molecule has 0 aromatic rings. The van der Waals surface area contributed by atoms with Crippen LogP contribution in [-0.2, 0) is 9.47 Å². The van der Waals surface area contributed by atoms with Crippen LogP contribution in [0.4, 0.5) is 0 Å². The van der Waals surface area contributed by atoms with Crippen LogP contribution in [0.2, 0.25) is 0 Å². The average Bonchev–Trinajstić information content (AvgIpc) is 2.49. The Hall–Kier alpha value is -0.120. The number of likely N-dealkylation sites (tertiary alicyclic amines) is 1. The summed E-state index contributed by atoms with van der Waals surface area (Å²) in [6, 6.07) is 1.75. The first-order valence-corrected chi connectivity index (χ1v) is 5.46. The molecule has 0 saturated carbocycles. The van der Waals surface area contributed by atoms with Gasteiger partial charge in [-0.15, -0.1) is 0 Å². The van der Waals surface area contributed by atoms with Gasteiger partial charge >= 0.3 is 0 Å². The average molecular weight is 201 g/mol. The predicted molar refractivity (Wildman–Crippen MR) is 57.5 cm³/mol. The molecule has 1 aliphatic heterocycles. The standard InChI is InChI=1S/C11H23NO2/c1-9(2)12-10(7-13-3)5-6-11(12)8-14-4/h9-11H,5-8H2,1-4H3/t10-,11-/m0/s1. The third-order valence-corrected chi connectivity index (χ3v) is 2.99. The van der Waals surface area contributed by atoms with Gasteiger partial charge < -0.3 is 9.47 Å². The van der Waals surface area contributed by atoms with Gasteiger partial charge in [-0.1, -0.05) is 0 Å². The highest BCUT2D eigenvalue weighted by Gasteiger charge is 2.34. The van der Waals surface area contributed by atoms with E-state index in [1.807, 2.05) is 0 Å². The van der Waals surface area contributed by atoms with Gasteiger partial charge in [-0.2, -0.15) is 0 Å². The zero-order chi connectivity index (χ0) is 10.6. The first-order valence-electron chi connectivity index (χ1n) is 5.46. The topological polar surface area (TPSA) is 21.7 Å². The Morgan fingerprint density at radius 2 is 1.50 bits per heavy atom. The van der Waals surface area contributed by atoms with E-state index >= 15 is 0 Å². The molecule has 2 atom stereocenters. The number of nitrogens with zero attached hydrogens (tertiary/aromatic N) is 1. The molecular weight excluding hydrogens is 178 g/mol. The Balaban J connectivity index is 2.54. The summed E-state index contributed by atoms with van der Waals surface area (Å²) in [7, 11) is 3.56. The second-order valence-electron chi connectivity index (χ2n) is 4.34. The summed E-state index contributed by atoms with van der Waals surface area (Å²) in [4.78, 5) is 2.53. The SMILES string of the molecule is COC[C@@H]1CC[C@@H](COC)N1C(C)C. The molecule has 1 saturated heterocycles. The maximum absolute atomic E-state index is 5.25. The lowest BCUT2D eigenvalue weighted by molar-refractivity contribution is 0.0436. The van der Waals surface area contributed by atoms with E-state index in [1.165, 1.54) is 12.8 Å². The van der Waals surface area contributed by atoms with Crippen LogP contribution >= 0.6 is 0 Å². The lowest BCUT2D eigenvalue weighted by Crippen LogP contribution is -2.44. The number of hydrogen-bond donors (Lipinski definition) is 0. The van der Waals surface area contributed by atoms with E-state index < -0.39 is 0 Å². The minimum atomic E-state index is 0.581. The van der Waals surface area contributed by atoms with Gasteiger partial charge in [0.2, 0.25) is 0 Å². The van der Waals surface area contributed by atoms with Crippen molar-refractivity contribution in [3.05, 3.63) is 0 Å². The maximum atomic E-state index is 5.25. The van der Waals surface area contributed by atoms with Gasteiger partial charge in [-0.25, -0.2) is 0 Å². The second-order valence-corrected chi connectivity index (χ2v) is 4.34. The normalized spacial score (nSPS) is 28.9. The molecule has 0 N–H and O–H groups in total. The first-order chi connectivity index (χ1) is 6.70. The third-order valence-electron chi connectivity index (χ3n) is 2.99. The van der Waals surface area contributed by atoms with Crippen molar-refractivity contribution in [2.24, 2.45) is 0 Å². The summed E-state index contributed by atoms with van der Waals surface area (Å²) >= 11 is 0. The summed E-state index contributed by atoms with van der Waals surface area (Å²) in [6.45, 7) is 6.18. The zero-order valence-corrected chi connectivity index (χ0v) is 9.82. The molecule has 84 valence electrons. The van der Waals surface area contributed by atoms with Crippen molar-refractivity contribution in [1.82, 2.24) is 4.90 Å². The van der Waals surface area contributed by atoms with Gasteiger partial charge in [-0.3, -0.25) is 4.90 Å². The van der Waals surface area contributed by atoms with Crippen LogP contribution in [0.15, 0.2) is 0 Å². The Kier molecular flexibility index (Phi) is 4.85. The van der Waals surface area contributed by atoms with Crippen LogP contribution in [0.3, 0.4) is 0 Å². The second kappa shape index (κ2) is 5.69. The fourth-order valence-electron chi connectivity index (χ4n) is 2.55. The van der Waals surface area contributed by atoms with Crippen molar-refractivity contribution in [3.63, 3.8) is 0 Å². The highest BCUT2D eigenvalue weighted by Crippen LogP contribution is 2.26. The van der Waals surface area contributed by atoms with Crippen LogP contribution in [0.1, 0.15) is 26.7 Å². The molecule has 0 radical (unpaired) electrons. The fraction of sp³-hybridized carbons (Fsp3) is 1.00. The molecule has 0 aliphatic carbocycles. The lowest BCUT2D eigenvalue weighted by Gasteiger charge is -2.33. The maximum Gasteiger partial charge on any atom is 0.0618 e. The van der Waals surface area contributed by atoms with Crippen molar-refractivity contribution < 1.29 is 9.47 Å². The van der Waals surface area contributed by atoms with Crippen molar-refractivity contribution in [3.8, 4) is 0 Å². The predicted octanol–water partition coefficient (Wildman–Crippen LogP) is 1.52. The highest BCUT2D eigenvalue weighted by molar-refractivity contribution is 4.89. The molecule has 0 unspecified atom stereocenters. The molecule has 3 nitrogen and oxygen atoms in total. The molecular formula is C11H23NO2. The Bertz CT molecular complexity index is 147.